The molecule has 0 bridgehead atoms. The normalized spacial score (nSPS) is 18.8. The summed E-state index contributed by atoms with van der Waals surface area (Å²) in [5.41, 5.74) is 0.341. The van der Waals surface area contributed by atoms with Crippen LogP contribution >= 0.6 is 0 Å². The Morgan fingerprint density at radius 3 is 2.41 bits per heavy atom. The molecule has 6 nitrogen and oxygen atoms in total. The van der Waals surface area contributed by atoms with Crippen molar-refractivity contribution in [3.05, 3.63) is 11.4 Å². The van der Waals surface area contributed by atoms with Crippen molar-refractivity contribution in [1.29, 1.82) is 0 Å². The zero-order valence-electron chi connectivity index (χ0n) is 14.0. The summed E-state index contributed by atoms with van der Waals surface area (Å²) in [7, 11) is -1.95. The summed E-state index contributed by atoms with van der Waals surface area (Å²) >= 11 is 0. The van der Waals surface area contributed by atoms with E-state index in [0.717, 1.165) is 32.1 Å². The summed E-state index contributed by atoms with van der Waals surface area (Å²) in [5, 5.41) is 15.1. The van der Waals surface area contributed by atoms with Gasteiger partial charge in [0.25, 0.3) is 0 Å². The highest BCUT2D eigenvalue weighted by atomic mass is 32.2. The second-order valence-electron chi connectivity index (χ2n) is 6.36. The van der Waals surface area contributed by atoms with Crippen LogP contribution in [0.4, 0.5) is 0 Å². The maximum atomic E-state index is 12.6. The highest BCUT2D eigenvalue weighted by molar-refractivity contribution is 7.89. The topological polar surface area (TPSA) is 75.4 Å². The summed E-state index contributed by atoms with van der Waals surface area (Å²) in [6.07, 6.45) is 4.68. The van der Waals surface area contributed by atoms with E-state index in [1.807, 2.05) is 0 Å². The highest BCUT2D eigenvalue weighted by Gasteiger charge is 2.33. The SMILES string of the molecule is CCN(C)S(=O)(=O)c1c(C)nn(CC2(O)CCCCC2)c1C. The van der Waals surface area contributed by atoms with Crippen molar-refractivity contribution in [2.75, 3.05) is 13.6 Å². The average molecular weight is 329 g/mol. The first-order valence-electron chi connectivity index (χ1n) is 7.94. The van der Waals surface area contributed by atoms with Crippen molar-refractivity contribution >= 4 is 10.0 Å². The number of sulfonamides is 1. The zero-order valence-corrected chi connectivity index (χ0v) is 14.8. The molecule has 22 heavy (non-hydrogen) atoms. The number of hydrogen-bond donors (Lipinski definition) is 1. The lowest BCUT2D eigenvalue weighted by Crippen LogP contribution is -2.37. The summed E-state index contributed by atoms with van der Waals surface area (Å²) < 4.78 is 28.2. The van der Waals surface area contributed by atoms with Gasteiger partial charge in [0.15, 0.2) is 0 Å². The van der Waals surface area contributed by atoms with Gasteiger partial charge in [-0.15, -0.1) is 0 Å². The number of rotatable bonds is 5. The molecule has 0 unspecified atom stereocenters. The Labute approximate surface area is 133 Å². The summed E-state index contributed by atoms with van der Waals surface area (Å²) in [6, 6.07) is 0. The van der Waals surface area contributed by atoms with Crippen LogP contribution in [0.1, 0.15) is 50.4 Å². The van der Waals surface area contributed by atoms with Gasteiger partial charge in [-0.25, -0.2) is 12.7 Å². The van der Waals surface area contributed by atoms with Crippen LogP contribution < -0.4 is 0 Å². The molecule has 0 amide bonds. The van der Waals surface area contributed by atoms with Crippen molar-refractivity contribution in [2.24, 2.45) is 0 Å². The van der Waals surface area contributed by atoms with Crippen LogP contribution in [-0.2, 0) is 16.6 Å². The van der Waals surface area contributed by atoms with E-state index in [1.165, 1.54) is 4.31 Å². The molecule has 1 aliphatic carbocycles. The van der Waals surface area contributed by atoms with E-state index in [9.17, 15) is 13.5 Å². The summed E-state index contributed by atoms with van der Waals surface area (Å²) in [6.45, 7) is 6.06. The predicted molar refractivity (Wildman–Crippen MR) is 85.2 cm³/mol. The number of nitrogens with zero attached hydrogens (tertiary/aromatic N) is 3. The van der Waals surface area contributed by atoms with E-state index in [0.29, 0.717) is 24.5 Å². The van der Waals surface area contributed by atoms with Gasteiger partial charge in [-0.1, -0.05) is 26.2 Å². The van der Waals surface area contributed by atoms with Crippen molar-refractivity contribution in [3.8, 4) is 0 Å². The molecule has 1 aliphatic rings. The molecule has 0 atom stereocenters. The number of aryl methyl sites for hydroxylation is 1. The summed E-state index contributed by atoms with van der Waals surface area (Å²) in [5.74, 6) is 0. The lowest BCUT2D eigenvalue weighted by molar-refractivity contribution is -0.0148. The lowest BCUT2D eigenvalue weighted by Gasteiger charge is -2.32. The fraction of sp³-hybridized carbons (Fsp3) is 0.800. The standard InChI is InChI=1S/C15H27N3O3S/c1-5-17(4)22(20,21)14-12(2)16-18(13(14)3)11-15(19)9-7-6-8-10-15/h19H,5-11H2,1-4H3. The van der Waals surface area contributed by atoms with Crippen LogP contribution in [0.5, 0.6) is 0 Å². The van der Waals surface area contributed by atoms with Gasteiger partial charge in [0.1, 0.15) is 4.90 Å². The van der Waals surface area contributed by atoms with Gasteiger partial charge in [0, 0.05) is 13.6 Å². The molecular weight excluding hydrogens is 302 g/mol. The third-order valence-corrected chi connectivity index (χ3v) is 6.84. The first-order valence-corrected chi connectivity index (χ1v) is 9.38. The molecule has 1 N–H and O–H groups in total. The molecule has 1 saturated carbocycles. The predicted octanol–water partition coefficient (Wildman–Crippen LogP) is 1.84. The van der Waals surface area contributed by atoms with Crippen LogP contribution in [-0.4, -0.2) is 46.8 Å². The molecule has 0 spiro atoms. The lowest BCUT2D eigenvalue weighted by atomic mass is 9.85. The van der Waals surface area contributed by atoms with Gasteiger partial charge in [0.2, 0.25) is 10.0 Å². The van der Waals surface area contributed by atoms with Crippen molar-refractivity contribution in [1.82, 2.24) is 14.1 Å². The maximum Gasteiger partial charge on any atom is 0.246 e. The molecular formula is C15H27N3O3S. The summed E-state index contributed by atoms with van der Waals surface area (Å²) in [4.78, 5) is 0.274. The Balaban J connectivity index is 2.35. The third kappa shape index (κ3) is 3.21. The van der Waals surface area contributed by atoms with Crippen LogP contribution in [0, 0.1) is 13.8 Å². The average Bonchev–Trinajstić information content (AvgIpc) is 2.72. The molecule has 2 rings (SSSR count). The molecule has 1 aromatic heterocycles. The fourth-order valence-electron chi connectivity index (χ4n) is 3.18. The minimum absolute atomic E-state index is 0.274. The Kier molecular flexibility index (Phi) is 4.99. The Bertz CT molecular complexity index is 631. The Hall–Kier alpha value is -0.920. The molecule has 1 aromatic rings. The van der Waals surface area contributed by atoms with Crippen LogP contribution in [0.3, 0.4) is 0 Å². The van der Waals surface area contributed by atoms with Crippen LogP contribution in [0.25, 0.3) is 0 Å². The second kappa shape index (κ2) is 6.29. The highest BCUT2D eigenvalue weighted by Crippen LogP contribution is 2.31. The molecule has 126 valence electrons. The van der Waals surface area contributed by atoms with Crippen LogP contribution in [0.15, 0.2) is 4.90 Å². The van der Waals surface area contributed by atoms with Gasteiger partial charge in [0.05, 0.1) is 23.5 Å². The molecule has 1 heterocycles. The molecule has 0 radical (unpaired) electrons. The van der Waals surface area contributed by atoms with Gasteiger partial charge in [-0.05, 0) is 26.7 Å². The van der Waals surface area contributed by atoms with E-state index >= 15 is 0 Å². The number of aliphatic hydroxyl groups is 1. The van der Waals surface area contributed by atoms with E-state index in [4.69, 9.17) is 0 Å². The van der Waals surface area contributed by atoms with E-state index in [-0.39, 0.29) is 4.90 Å². The minimum Gasteiger partial charge on any atom is -0.388 e. The molecule has 1 fully saturated rings. The van der Waals surface area contributed by atoms with Gasteiger partial charge < -0.3 is 5.11 Å². The smallest absolute Gasteiger partial charge is 0.246 e. The van der Waals surface area contributed by atoms with E-state index in [1.54, 1.807) is 32.5 Å². The monoisotopic (exact) mass is 329 g/mol. The maximum absolute atomic E-state index is 12.6. The number of aromatic nitrogens is 2. The van der Waals surface area contributed by atoms with Crippen molar-refractivity contribution in [2.45, 2.75) is 69.9 Å². The molecule has 0 aliphatic heterocycles. The quantitative estimate of drug-likeness (QED) is 0.894. The first kappa shape index (κ1) is 17.4. The molecule has 7 heteroatoms. The molecule has 0 aromatic carbocycles. The molecule has 0 saturated heterocycles. The minimum atomic E-state index is -3.52. The second-order valence-corrected chi connectivity index (χ2v) is 8.34. The van der Waals surface area contributed by atoms with E-state index < -0.39 is 15.6 Å². The van der Waals surface area contributed by atoms with Crippen molar-refractivity contribution < 1.29 is 13.5 Å². The first-order chi connectivity index (χ1) is 10.2. The van der Waals surface area contributed by atoms with Gasteiger partial charge in [-0.3, -0.25) is 4.68 Å². The largest absolute Gasteiger partial charge is 0.388 e. The third-order valence-electron chi connectivity index (χ3n) is 4.66. The Morgan fingerprint density at radius 1 is 1.27 bits per heavy atom. The van der Waals surface area contributed by atoms with Gasteiger partial charge in [-0.2, -0.15) is 5.10 Å². The Morgan fingerprint density at radius 2 is 1.86 bits per heavy atom. The van der Waals surface area contributed by atoms with Gasteiger partial charge >= 0.3 is 0 Å². The number of hydrogen-bond acceptors (Lipinski definition) is 4. The fourth-order valence-corrected chi connectivity index (χ4v) is 4.72. The van der Waals surface area contributed by atoms with Crippen molar-refractivity contribution in [3.63, 3.8) is 0 Å². The van der Waals surface area contributed by atoms with Crippen LogP contribution in [0.2, 0.25) is 0 Å². The zero-order chi connectivity index (χ0) is 16.5. The van der Waals surface area contributed by atoms with E-state index in [2.05, 4.69) is 5.10 Å².